The first-order chi connectivity index (χ1) is 12.0. The first kappa shape index (κ1) is 16.9. The Kier molecular flexibility index (Phi) is 4.67. The summed E-state index contributed by atoms with van der Waals surface area (Å²) in [4.78, 5) is 26.6. The lowest BCUT2D eigenvalue weighted by Crippen LogP contribution is -2.29. The molecule has 3 rings (SSSR count). The summed E-state index contributed by atoms with van der Waals surface area (Å²) in [5.74, 6) is -0.667. The number of nitrogens with zero attached hydrogens (tertiary/aromatic N) is 3. The normalized spacial score (nSPS) is 14.7. The number of hydrogen-bond donors (Lipinski definition) is 1. The Bertz CT molecular complexity index is 822. The van der Waals surface area contributed by atoms with E-state index in [-0.39, 0.29) is 11.3 Å². The molecule has 0 bridgehead atoms. The molecule has 0 aromatic heterocycles. The Morgan fingerprint density at radius 1 is 1.24 bits per heavy atom. The quantitative estimate of drug-likeness (QED) is 0.680. The van der Waals surface area contributed by atoms with Crippen LogP contribution >= 0.6 is 0 Å². The zero-order valence-corrected chi connectivity index (χ0v) is 14.0. The highest BCUT2D eigenvalue weighted by Gasteiger charge is 2.22. The van der Waals surface area contributed by atoms with Crippen molar-refractivity contribution in [2.24, 2.45) is 5.73 Å². The Balaban J connectivity index is 1.87. The standard InChI is InChI=1S/C18H20N4O3/c1-20-8-9-21(11-14-4-2-3-5-16(14)20)12-15-7-6-13(18(19)23)10-17(15)22(24)25/h2-7,10H,8-9,11-12H2,1H3,(H2,19,23). The highest BCUT2D eigenvalue weighted by molar-refractivity contribution is 5.93. The van der Waals surface area contributed by atoms with Crippen LogP contribution in [0.4, 0.5) is 11.4 Å². The van der Waals surface area contributed by atoms with Gasteiger partial charge in [0.05, 0.1) is 4.92 Å². The fourth-order valence-electron chi connectivity index (χ4n) is 3.15. The van der Waals surface area contributed by atoms with E-state index in [4.69, 9.17) is 5.73 Å². The van der Waals surface area contributed by atoms with E-state index >= 15 is 0 Å². The smallest absolute Gasteiger partial charge is 0.274 e. The summed E-state index contributed by atoms with van der Waals surface area (Å²) < 4.78 is 0. The van der Waals surface area contributed by atoms with Crippen molar-refractivity contribution >= 4 is 17.3 Å². The summed E-state index contributed by atoms with van der Waals surface area (Å²) in [7, 11) is 2.05. The van der Waals surface area contributed by atoms with Crippen LogP contribution in [0, 0.1) is 10.1 Å². The second-order valence-electron chi connectivity index (χ2n) is 6.23. The average Bonchev–Trinajstić information content (AvgIpc) is 2.74. The lowest BCUT2D eigenvalue weighted by atomic mass is 10.1. The second kappa shape index (κ2) is 6.90. The van der Waals surface area contributed by atoms with Gasteiger partial charge in [0.25, 0.3) is 5.69 Å². The minimum Gasteiger partial charge on any atom is -0.373 e. The van der Waals surface area contributed by atoms with Gasteiger partial charge in [0.2, 0.25) is 5.91 Å². The molecule has 130 valence electrons. The van der Waals surface area contributed by atoms with E-state index in [0.717, 1.165) is 19.6 Å². The molecular weight excluding hydrogens is 320 g/mol. The van der Waals surface area contributed by atoms with Gasteiger partial charge in [0.1, 0.15) is 0 Å². The Hall–Kier alpha value is -2.93. The lowest BCUT2D eigenvalue weighted by molar-refractivity contribution is -0.385. The van der Waals surface area contributed by atoms with Crippen molar-refractivity contribution in [3.05, 3.63) is 69.3 Å². The molecule has 0 unspecified atom stereocenters. The van der Waals surface area contributed by atoms with Crippen LogP contribution in [0.15, 0.2) is 42.5 Å². The van der Waals surface area contributed by atoms with Crippen LogP contribution < -0.4 is 10.6 Å². The van der Waals surface area contributed by atoms with E-state index in [0.29, 0.717) is 12.1 Å². The first-order valence-corrected chi connectivity index (χ1v) is 8.04. The number of benzene rings is 2. The third kappa shape index (κ3) is 3.61. The predicted molar refractivity (Wildman–Crippen MR) is 95.4 cm³/mol. The largest absolute Gasteiger partial charge is 0.373 e. The van der Waals surface area contributed by atoms with Gasteiger partial charge in [-0.1, -0.05) is 24.3 Å². The number of para-hydroxylation sites is 1. The van der Waals surface area contributed by atoms with Crippen molar-refractivity contribution in [1.29, 1.82) is 0 Å². The molecule has 0 aliphatic carbocycles. The summed E-state index contributed by atoms with van der Waals surface area (Å²) in [6.07, 6.45) is 0. The van der Waals surface area contributed by atoms with Gasteiger partial charge in [-0.05, 0) is 17.7 Å². The fraction of sp³-hybridized carbons (Fsp3) is 0.278. The maximum atomic E-state index is 11.4. The second-order valence-corrected chi connectivity index (χ2v) is 6.23. The zero-order chi connectivity index (χ0) is 18.0. The van der Waals surface area contributed by atoms with E-state index in [1.165, 1.54) is 17.3 Å². The van der Waals surface area contributed by atoms with Crippen molar-refractivity contribution in [3.63, 3.8) is 0 Å². The van der Waals surface area contributed by atoms with Crippen molar-refractivity contribution in [2.45, 2.75) is 13.1 Å². The number of nitro benzene ring substituents is 1. The SMILES string of the molecule is CN1CCN(Cc2ccc(C(N)=O)cc2[N+](=O)[O-])Cc2ccccc21. The molecule has 0 saturated carbocycles. The summed E-state index contributed by atoms with van der Waals surface area (Å²) in [5, 5.41) is 11.4. The zero-order valence-electron chi connectivity index (χ0n) is 14.0. The van der Waals surface area contributed by atoms with Crippen LogP contribution in [-0.4, -0.2) is 35.9 Å². The molecule has 1 amide bonds. The Morgan fingerprint density at radius 2 is 2.00 bits per heavy atom. The number of fused-ring (bicyclic) bond motifs is 1. The van der Waals surface area contributed by atoms with Gasteiger partial charge in [-0.25, -0.2) is 0 Å². The van der Waals surface area contributed by atoms with E-state index in [9.17, 15) is 14.9 Å². The number of likely N-dealkylation sites (N-methyl/N-ethyl adjacent to an activating group) is 1. The highest BCUT2D eigenvalue weighted by Crippen LogP contribution is 2.27. The molecule has 0 fully saturated rings. The van der Waals surface area contributed by atoms with Crippen molar-refractivity contribution < 1.29 is 9.72 Å². The molecule has 1 aliphatic heterocycles. The monoisotopic (exact) mass is 340 g/mol. The van der Waals surface area contributed by atoms with Crippen LogP contribution in [0.25, 0.3) is 0 Å². The van der Waals surface area contributed by atoms with E-state index in [1.54, 1.807) is 12.1 Å². The number of carbonyl (C=O) groups excluding carboxylic acids is 1. The third-order valence-corrected chi connectivity index (χ3v) is 4.51. The number of nitro groups is 1. The minimum absolute atomic E-state index is 0.0674. The van der Waals surface area contributed by atoms with Crippen molar-refractivity contribution in [1.82, 2.24) is 4.90 Å². The van der Waals surface area contributed by atoms with Gasteiger partial charge in [0, 0.05) is 56.1 Å². The molecule has 0 atom stereocenters. The number of carbonyl (C=O) groups is 1. The maximum absolute atomic E-state index is 11.4. The lowest BCUT2D eigenvalue weighted by Gasteiger charge is -2.20. The molecule has 25 heavy (non-hydrogen) atoms. The Labute approximate surface area is 145 Å². The average molecular weight is 340 g/mol. The molecule has 7 heteroatoms. The van der Waals surface area contributed by atoms with Crippen LogP contribution in [0.1, 0.15) is 21.5 Å². The molecule has 0 saturated heterocycles. The molecular formula is C18H20N4O3. The maximum Gasteiger partial charge on any atom is 0.274 e. The summed E-state index contributed by atoms with van der Waals surface area (Å²) in [6, 6.07) is 12.6. The summed E-state index contributed by atoms with van der Waals surface area (Å²) in [5.41, 5.74) is 8.27. The molecule has 1 heterocycles. The topological polar surface area (TPSA) is 92.7 Å². The van der Waals surface area contributed by atoms with Gasteiger partial charge in [-0.15, -0.1) is 0 Å². The van der Waals surface area contributed by atoms with Gasteiger partial charge in [0.15, 0.2) is 0 Å². The summed E-state index contributed by atoms with van der Waals surface area (Å²) >= 11 is 0. The van der Waals surface area contributed by atoms with Gasteiger partial charge in [-0.2, -0.15) is 0 Å². The number of hydrogen-bond acceptors (Lipinski definition) is 5. The molecule has 2 N–H and O–H groups in total. The Morgan fingerprint density at radius 3 is 2.72 bits per heavy atom. The molecule has 0 radical (unpaired) electrons. The van der Waals surface area contributed by atoms with Gasteiger partial charge >= 0.3 is 0 Å². The number of primary amides is 1. The number of rotatable bonds is 4. The van der Waals surface area contributed by atoms with E-state index < -0.39 is 10.8 Å². The summed E-state index contributed by atoms with van der Waals surface area (Å²) in [6.45, 7) is 2.79. The van der Waals surface area contributed by atoms with Crippen LogP contribution in [0.3, 0.4) is 0 Å². The van der Waals surface area contributed by atoms with E-state index in [2.05, 4.69) is 21.9 Å². The predicted octanol–water partition coefficient (Wildman–Crippen LogP) is 2.15. The van der Waals surface area contributed by atoms with Crippen LogP contribution in [0.2, 0.25) is 0 Å². The number of anilines is 1. The van der Waals surface area contributed by atoms with Crippen LogP contribution in [-0.2, 0) is 13.1 Å². The van der Waals surface area contributed by atoms with Gasteiger partial charge < -0.3 is 10.6 Å². The third-order valence-electron chi connectivity index (χ3n) is 4.51. The van der Waals surface area contributed by atoms with Crippen molar-refractivity contribution in [3.8, 4) is 0 Å². The number of nitrogens with two attached hydrogens (primary N) is 1. The molecule has 2 aromatic carbocycles. The van der Waals surface area contributed by atoms with E-state index in [1.807, 2.05) is 19.2 Å². The number of amides is 1. The first-order valence-electron chi connectivity index (χ1n) is 8.04. The highest BCUT2D eigenvalue weighted by atomic mass is 16.6. The fourth-order valence-corrected chi connectivity index (χ4v) is 3.15. The molecule has 2 aromatic rings. The van der Waals surface area contributed by atoms with Crippen molar-refractivity contribution in [2.75, 3.05) is 25.0 Å². The molecule has 0 spiro atoms. The minimum atomic E-state index is -0.667. The van der Waals surface area contributed by atoms with Crippen LogP contribution in [0.5, 0.6) is 0 Å². The molecule has 7 nitrogen and oxygen atoms in total. The van der Waals surface area contributed by atoms with Gasteiger partial charge in [-0.3, -0.25) is 19.8 Å². The molecule has 1 aliphatic rings.